The zero-order valence-corrected chi connectivity index (χ0v) is 14.4. The number of aromatic nitrogens is 1. The van der Waals surface area contributed by atoms with E-state index >= 15 is 0 Å². The molecule has 0 bridgehead atoms. The van der Waals surface area contributed by atoms with Crippen LogP contribution < -0.4 is 0 Å². The number of hydrogen-bond donors (Lipinski definition) is 0. The van der Waals surface area contributed by atoms with Gasteiger partial charge < -0.3 is 14.5 Å². The van der Waals surface area contributed by atoms with E-state index in [2.05, 4.69) is 4.98 Å². The first kappa shape index (κ1) is 19.5. The maximum atomic E-state index is 12.6. The van der Waals surface area contributed by atoms with Crippen LogP contribution in [0.5, 0.6) is 0 Å². The molecule has 10 heteroatoms. The number of alkyl halides is 3. The van der Waals surface area contributed by atoms with Gasteiger partial charge in [-0.2, -0.15) is 13.2 Å². The molecule has 2 amide bonds. The van der Waals surface area contributed by atoms with Crippen molar-refractivity contribution in [3.8, 4) is 0 Å². The second-order valence-corrected chi connectivity index (χ2v) is 6.41. The van der Waals surface area contributed by atoms with Gasteiger partial charge in [-0.3, -0.25) is 9.59 Å². The molecule has 0 saturated carbocycles. The Kier molecular flexibility index (Phi) is 6.65. The van der Waals surface area contributed by atoms with Gasteiger partial charge in [0.2, 0.25) is 5.91 Å². The van der Waals surface area contributed by atoms with Crippen LogP contribution in [0.3, 0.4) is 0 Å². The minimum Gasteiger partial charge on any atom is -0.383 e. The Balaban J connectivity index is 2.14. The third-order valence-electron chi connectivity index (χ3n) is 3.60. The van der Waals surface area contributed by atoms with E-state index in [-0.39, 0.29) is 18.0 Å². The second kappa shape index (κ2) is 8.52. The first-order valence-corrected chi connectivity index (χ1v) is 8.40. The molecule has 1 aliphatic heterocycles. The summed E-state index contributed by atoms with van der Waals surface area (Å²) in [7, 11) is 1.53. The van der Waals surface area contributed by atoms with Crippen molar-refractivity contribution in [1.29, 1.82) is 0 Å². The zero-order chi connectivity index (χ0) is 18.4. The summed E-state index contributed by atoms with van der Waals surface area (Å²) in [4.78, 5) is 31.4. The van der Waals surface area contributed by atoms with Crippen LogP contribution >= 0.6 is 11.8 Å². The Bertz CT molecular complexity index is 628. The minimum absolute atomic E-state index is 0.150. The van der Waals surface area contributed by atoms with Crippen LogP contribution in [0.15, 0.2) is 23.4 Å². The number of amides is 2. The first-order chi connectivity index (χ1) is 11.8. The summed E-state index contributed by atoms with van der Waals surface area (Å²) >= 11 is -0.433. The molecule has 1 fully saturated rings. The normalized spacial score (nSPS) is 16.1. The Morgan fingerprint density at radius 2 is 2.16 bits per heavy atom. The molecular weight excluding hydrogens is 359 g/mol. The number of ether oxygens (including phenoxy) is 1. The monoisotopic (exact) mass is 377 g/mol. The average molecular weight is 377 g/mol. The highest BCUT2D eigenvalue weighted by Gasteiger charge is 2.34. The van der Waals surface area contributed by atoms with E-state index < -0.39 is 28.2 Å². The number of carbonyl (C=O) groups excluding carboxylic acids is 2. The predicted molar refractivity (Wildman–Crippen MR) is 85.1 cm³/mol. The van der Waals surface area contributed by atoms with Gasteiger partial charge in [0.15, 0.2) is 0 Å². The van der Waals surface area contributed by atoms with Crippen LogP contribution in [-0.2, 0) is 9.53 Å². The quantitative estimate of drug-likeness (QED) is 0.735. The van der Waals surface area contributed by atoms with Crippen molar-refractivity contribution in [2.75, 3.05) is 39.9 Å². The number of halogens is 3. The third-order valence-corrected chi connectivity index (χ3v) is 4.35. The highest BCUT2D eigenvalue weighted by atomic mass is 32.2. The van der Waals surface area contributed by atoms with E-state index in [9.17, 15) is 22.8 Å². The van der Waals surface area contributed by atoms with Gasteiger partial charge in [-0.15, -0.1) is 0 Å². The fraction of sp³-hybridized carbons (Fsp3) is 0.533. The summed E-state index contributed by atoms with van der Waals surface area (Å²) < 4.78 is 42.9. The van der Waals surface area contributed by atoms with Crippen molar-refractivity contribution in [3.63, 3.8) is 0 Å². The van der Waals surface area contributed by atoms with Gasteiger partial charge in [0.1, 0.15) is 11.6 Å². The molecule has 0 spiro atoms. The Labute approximate surface area is 147 Å². The number of pyridine rings is 1. The molecular formula is C15H18F3N3O3S. The summed E-state index contributed by atoms with van der Waals surface area (Å²) in [6.07, 6.45) is 1.74. The highest BCUT2D eigenvalue weighted by molar-refractivity contribution is 8.00. The molecule has 0 radical (unpaired) electrons. The van der Waals surface area contributed by atoms with E-state index in [1.54, 1.807) is 4.90 Å². The molecule has 2 heterocycles. The molecule has 0 N–H and O–H groups in total. The molecule has 1 aliphatic rings. The summed E-state index contributed by atoms with van der Waals surface area (Å²) in [5, 5.41) is -0.409. The number of thioether (sulfide) groups is 1. The average Bonchev–Trinajstić information content (AvgIpc) is 2.73. The van der Waals surface area contributed by atoms with Crippen molar-refractivity contribution in [1.82, 2.24) is 14.8 Å². The fourth-order valence-electron chi connectivity index (χ4n) is 2.45. The molecule has 6 nitrogen and oxygen atoms in total. The molecule has 1 aromatic rings. The number of hydrogen-bond acceptors (Lipinski definition) is 5. The van der Waals surface area contributed by atoms with Gasteiger partial charge in [-0.05, 0) is 18.6 Å². The van der Waals surface area contributed by atoms with E-state index in [0.717, 1.165) is 0 Å². The topological polar surface area (TPSA) is 62.7 Å². The number of carbonyl (C=O) groups is 2. The van der Waals surface area contributed by atoms with Gasteiger partial charge in [-0.25, -0.2) is 4.98 Å². The van der Waals surface area contributed by atoms with Crippen LogP contribution in [-0.4, -0.2) is 72.0 Å². The lowest BCUT2D eigenvalue weighted by atomic mass is 10.2. The van der Waals surface area contributed by atoms with E-state index in [4.69, 9.17) is 4.74 Å². The largest absolute Gasteiger partial charge is 0.447 e. The van der Waals surface area contributed by atoms with Crippen LogP contribution in [0.1, 0.15) is 16.8 Å². The van der Waals surface area contributed by atoms with Gasteiger partial charge in [0, 0.05) is 44.7 Å². The molecule has 138 valence electrons. The molecule has 0 unspecified atom stereocenters. The van der Waals surface area contributed by atoms with Crippen molar-refractivity contribution < 1.29 is 27.5 Å². The number of nitrogens with zero attached hydrogens (tertiary/aromatic N) is 3. The third kappa shape index (κ3) is 5.60. The van der Waals surface area contributed by atoms with Crippen molar-refractivity contribution in [3.05, 3.63) is 23.9 Å². The highest BCUT2D eigenvalue weighted by Crippen LogP contribution is 2.37. The first-order valence-electron chi connectivity index (χ1n) is 7.58. The SMILES string of the molecule is COCCN1CCCN(C(=O)c2cccnc2SC(F)(F)F)CC1=O. The lowest BCUT2D eigenvalue weighted by Crippen LogP contribution is -2.40. The minimum atomic E-state index is -4.55. The molecule has 25 heavy (non-hydrogen) atoms. The predicted octanol–water partition coefficient (Wildman–Crippen LogP) is 2.01. The van der Waals surface area contributed by atoms with Crippen LogP contribution in [0, 0.1) is 0 Å². The summed E-state index contributed by atoms with van der Waals surface area (Å²) in [6, 6.07) is 2.69. The van der Waals surface area contributed by atoms with Gasteiger partial charge >= 0.3 is 5.51 Å². The maximum Gasteiger partial charge on any atom is 0.447 e. The van der Waals surface area contributed by atoms with Crippen molar-refractivity contribution in [2.45, 2.75) is 17.0 Å². The molecule has 0 aromatic carbocycles. The van der Waals surface area contributed by atoms with Gasteiger partial charge in [0.25, 0.3) is 5.91 Å². The van der Waals surface area contributed by atoms with E-state index in [0.29, 0.717) is 32.7 Å². The molecule has 2 rings (SSSR count). The second-order valence-electron chi connectivity index (χ2n) is 5.36. The van der Waals surface area contributed by atoms with Crippen molar-refractivity contribution >= 4 is 23.6 Å². The lowest BCUT2D eigenvalue weighted by molar-refractivity contribution is -0.131. The summed E-state index contributed by atoms with van der Waals surface area (Å²) in [5.74, 6) is -0.876. The smallest absolute Gasteiger partial charge is 0.383 e. The maximum absolute atomic E-state index is 12.6. The number of rotatable bonds is 5. The molecule has 0 aliphatic carbocycles. The molecule has 0 atom stereocenters. The van der Waals surface area contributed by atoms with Gasteiger partial charge in [-0.1, -0.05) is 0 Å². The van der Waals surface area contributed by atoms with Gasteiger partial charge in [0.05, 0.1) is 12.2 Å². The van der Waals surface area contributed by atoms with E-state index in [1.807, 2.05) is 0 Å². The van der Waals surface area contributed by atoms with Crippen LogP contribution in [0.2, 0.25) is 0 Å². The Morgan fingerprint density at radius 3 is 2.84 bits per heavy atom. The van der Waals surface area contributed by atoms with E-state index in [1.165, 1.54) is 30.3 Å². The Hall–Kier alpha value is -1.81. The fourth-order valence-corrected chi connectivity index (χ4v) is 3.04. The van der Waals surface area contributed by atoms with Crippen LogP contribution in [0.25, 0.3) is 0 Å². The van der Waals surface area contributed by atoms with Crippen LogP contribution in [0.4, 0.5) is 13.2 Å². The molecule has 1 aromatic heterocycles. The Morgan fingerprint density at radius 1 is 1.40 bits per heavy atom. The zero-order valence-electron chi connectivity index (χ0n) is 13.6. The standard InChI is InChI=1S/C15H18F3N3O3S/c1-24-9-8-20-6-3-7-21(10-12(20)22)14(23)11-4-2-5-19-13(11)25-15(16,17)18/h2,4-5H,3,6-10H2,1H3. The summed E-state index contributed by atoms with van der Waals surface area (Å²) in [5.41, 5.74) is -4.70. The molecule has 1 saturated heterocycles. The summed E-state index contributed by atoms with van der Waals surface area (Å²) in [6.45, 7) is 1.39. The van der Waals surface area contributed by atoms with Crippen molar-refractivity contribution in [2.24, 2.45) is 0 Å². The number of methoxy groups -OCH3 is 1. The lowest BCUT2D eigenvalue weighted by Gasteiger charge is -2.22.